The number of carboxylic acids is 2. The summed E-state index contributed by atoms with van der Waals surface area (Å²) in [5.41, 5.74) is 0.773. The Morgan fingerprint density at radius 1 is 1.00 bits per heavy atom. The molecule has 1 aliphatic heterocycles. The van der Waals surface area contributed by atoms with E-state index in [-0.39, 0.29) is 57.1 Å². The van der Waals surface area contributed by atoms with E-state index >= 15 is 0 Å². The number of hydrogen-bond acceptors (Lipinski definition) is 8. The molecule has 3 N–H and O–H groups in total. The van der Waals surface area contributed by atoms with Crippen molar-refractivity contribution >= 4 is 40.7 Å². The highest BCUT2D eigenvalue weighted by Gasteiger charge is 2.47. The zero-order valence-corrected chi connectivity index (χ0v) is 24.0. The average molecular weight is 585 g/mol. The second kappa shape index (κ2) is 12.6. The molecule has 3 amide bonds. The van der Waals surface area contributed by atoms with Gasteiger partial charge < -0.3 is 34.8 Å². The summed E-state index contributed by atoms with van der Waals surface area (Å²) < 4.78 is 11.1. The number of nitrogens with one attached hydrogen (secondary N) is 1. The molecule has 42 heavy (non-hydrogen) atoms. The molecule has 1 unspecified atom stereocenters. The minimum atomic E-state index is -1.40. The lowest BCUT2D eigenvalue weighted by molar-refractivity contribution is -0.163. The predicted molar refractivity (Wildman–Crippen MR) is 149 cm³/mol. The van der Waals surface area contributed by atoms with Crippen LogP contribution in [0.4, 0.5) is 4.79 Å². The first-order chi connectivity index (χ1) is 19.9. The second-order valence-electron chi connectivity index (χ2n) is 10.7. The third-order valence-corrected chi connectivity index (χ3v) is 7.84. The van der Waals surface area contributed by atoms with E-state index in [0.29, 0.717) is 30.2 Å². The Morgan fingerprint density at radius 2 is 1.64 bits per heavy atom. The maximum absolute atomic E-state index is 13.5. The molecule has 1 aliphatic carbocycles. The SMILES string of the molecule is CCOC(=O)N1CCN(C(=O)C(CCC(=O)O)NC(=O)c2cc(OC3(C(=O)O)CCC3)c3cc(C)c(C)cc3n2)CC1. The first kappa shape index (κ1) is 30.5. The van der Waals surface area contributed by atoms with Crippen LogP contribution < -0.4 is 10.1 Å². The first-order valence-electron chi connectivity index (χ1n) is 14.0. The van der Waals surface area contributed by atoms with Gasteiger partial charge in [0.1, 0.15) is 17.5 Å². The Bertz CT molecular complexity index is 1400. The van der Waals surface area contributed by atoms with Crippen LogP contribution in [0.3, 0.4) is 0 Å². The second-order valence-corrected chi connectivity index (χ2v) is 10.7. The van der Waals surface area contributed by atoms with Crippen LogP contribution in [-0.2, 0) is 19.1 Å². The topological polar surface area (TPSA) is 176 Å². The molecule has 1 aromatic carbocycles. The number of hydrogen-bond donors (Lipinski definition) is 3. The molecule has 226 valence electrons. The molecule has 2 fully saturated rings. The molecular weight excluding hydrogens is 548 g/mol. The molecule has 1 saturated heterocycles. The van der Waals surface area contributed by atoms with Crippen LogP contribution >= 0.6 is 0 Å². The molecule has 13 nitrogen and oxygen atoms in total. The normalized spacial score (nSPS) is 16.7. The Labute approximate surface area is 242 Å². The fraction of sp³-hybridized carbons (Fsp3) is 0.517. The summed E-state index contributed by atoms with van der Waals surface area (Å²) >= 11 is 0. The Kier molecular flexibility index (Phi) is 9.17. The molecule has 0 bridgehead atoms. The maximum Gasteiger partial charge on any atom is 0.409 e. The molecule has 2 aliphatic rings. The largest absolute Gasteiger partial charge is 0.481 e. The number of rotatable bonds is 10. The van der Waals surface area contributed by atoms with E-state index in [1.54, 1.807) is 13.0 Å². The number of nitrogens with zero attached hydrogens (tertiary/aromatic N) is 3. The lowest BCUT2D eigenvalue weighted by Gasteiger charge is -2.38. The van der Waals surface area contributed by atoms with Gasteiger partial charge in [-0.1, -0.05) is 0 Å². The van der Waals surface area contributed by atoms with E-state index in [4.69, 9.17) is 9.47 Å². The molecule has 2 aromatic rings. The zero-order valence-electron chi connectivity index (χ0n) is 24.0. The Balaban J connectivity index is 1.59. The molecule has 2 heterocycles. The predicted octanol–water partition coefficient (Wildman–Crippen LogP) is 2.50. The number of aliphatic carboxylic acids is 2. The summed E-state index contributed by atoms with van der Waals surface area (Å²) in [7, 11) is 0. The van der Waals surface area contributed by atoms with Crippen molar-refractivity contribution in [2.45, 2.75) is 64.5 Å². The minimum absolute atomic E-state index is 0.0964. The number of amides is 3. The van der Waals surface area contributed by atoms with Crippen molar-refractivity contribution in [2.75, 3.05) is 32.8 Å². The molecule has 0 radical (unpaired) electrons. The molecule has 1 saturated carbocycles. The molecular formula is C29H36N4O9. The van der Waals surface area contributed by atoms with Crippen LogP contribution in [-0.4, -0.2) is 99.3 Å². The molecule has 0 spiro atoms. The van der Waals surface area contributed by atoms with Crippen LogP contribution in [0.15, 0.2) is 18.2 Å². The number of aryl methyl sites for hydroxylation is 2. The number of piperazine rings is 1. The van der Waals surface area contributed by atoms with Gasteiger partial charge in [0, 0.05) is 44.1 Å². The Morgan fingerprint density at radius 3 is 2.21 bits per heavy atom. The summed E-state index contributed by atoms with van der Waals surface area (Å²) in [4.78, 5) is 69.8. The van der Waals surface area contributed by atoms with Crippen molar-refractivity contribution < 1.29 is 43.7 Å². The fourth-order valence-corrected chi connectivity index (χ4v) is 5.03. The maximum atomic E-state index is 13.5. The monoisotopic (exact) mass is 584 g/mol. The van der Waals surface area contributed by atoms with Gasteiger partial charge in [0.2, 0.25) is 11.5 Å². The number of pyridine rings is 1. The highest BCUT2D eigenvalue weighted by Crippen LogP contribution is 2.39. The van der Waals surface area contributed by atoms with Crippen LogP contribution in [0.2, 0.25) is 0 Å². The van der Waals surface area contributed by atoms with Crippen molar-refractivity contribution in [2.24, 2.45) is 0 Å². The third-order valence-electron chi connectivity index (χ3n) is 7.84. The van der Waals surface area contributed by atoms with Crippen LogP contribution in [0, 0.1) is 13.8 Å². The summed E-state index contributed by atoms with van der Waals surface area (Å²) in [5, 5.41) is 22.3. The number of ether oxygens (including phenoxy) is 2. The van der Waals surface area contributed by atoms with Gasteiger partial charge in [0.15, 0.2) is 0 Å². The number of carboxylic acid groups (broad SMARTS) is 2. The van der Waals surface area contributed by atoms with Gasteiger partial charge in [0.25, 0.3) is 5.91 Å². The van der Waals surface area contributed by atoms with E-state index < -0.39 is 41.5 Å². The first-order valence-corrected chi connectivity index (χ1v) is 14.0. The van der Waals surface area contributed by atoms with E-state index in [9.17, 15) is 34.2 Å². The van der Waals surface area contributed by atoms with E-state index in [1.165, 1.54) is 15.9 Å². The van der Waals surface area contributed by atoms with Gasteiger partial charge in [-0.15, -0.1) is 0 Å². The summed E-state index contributed by atoms with van der Waals surface area (Å²) in [5.74, 6) is -3.23. The minimum Gasteiger partial charge on any atom is -0.481 e. The van der Waals surface area contributed by atoms with Crippen molar-refractivity contribution in [1.29, 1.82) is 0 Å². The lowest BCUT2D eigenvalue weighted by atomic mass is 9.80. The van der Waals surface area contributed by atoms with Gasteiger partial charge in [-0.2, -0.15) is 0 Å². The van der Waals surface area contributed by atoms with Crippen LogP contribution in [0.5, 0.6) is 5.75 Å². The van der Waals surface area contributed by atoms with Crippen LogP contribution in [0.25, 0.3) is 10.9 Å². The van der Waals surface area contributed by atoms with Crippen molar-refractivity contribution in [3.05, 3.63) is 35.0 Å². The van der Waals surface area contributed by atoms with E-state index in [1.807, 2.05) is 19.9 Å². The number of fused-ring (bicyclic) bond motifs is 1. The van der Waals surface area contributed by atoms with Crippen molar-refractivity contribution in [3.8, 4) is 5.75 Å². The number of benzene rings is 1. The van der Waals surface area contributed by atoms with E-state index in [2.05, 4.69) is 10.3 Å². The summed E-state index contributed by atoms with van der Waals surface area (Å²) in [6, 6.07) is 3.81. The van der Waals surface area contributed by atoms with Gasteiger partial charge in [-0.25, -0.2) is 14.6 Å². The zero-order chi connectivity index (χ0) is 30.6. The van der Waals surface area contributed by atoms with Gasteiger partial charge in [-0.3, -0.25) is 14.4 Å². The molecule has 1 aromatic heterocycles. The van der Waals surface area contributed by atoms with Gasteiger partial charge in [-0.05, 0) is 69.7 Å². The lowest BCUT2D eigenvalue weighted by Crippen LogP contribution is -2.56. The van der Waals surface area contributed by atoms with Gasteiger partial charge >= 0.3 is 18.0 Å². The average Bonchev–Trinajstić information content (AvgIpc) is 2.93. The third kappa shape index (κ3) is 6.55. The standard InChI is InChI=1S/C29H36N4O9/c1-4-41-28(40)33-12-10-32(11-13-33)26(37)20(6-7-24(34)35)31-25(36)22-16-23(42-29(27(38)39)8-5-9-29)19-14-17(2)18(3)15-21(19)30-22/h14-16,20H,4-13H2,1-3H3,(H,31,36)(H,34,35)(H,38,39). The molecule has 13 heteroatoms. The van der Waals surface area contributed by atoms with Gasteiger partial charge in [0.05, 0.1) is 12.1 Å². The smallest absolute Gasteiger partial charge is 0.409 e. The van der Waals surface area contributed by atoms with Crippen molar-refractivity contribution in [1.82, 2.24) is 20.1 Å². The molecule has 4 rings (SSSR count). The quantitative estimate of drug-likeness (QED) is 0.376. The number of aromatic nitrogens is 1. The fourth-order valence-electron chi connectivity index (χ4n) is 5.03. The summed E-state index contributed by atoms with van der Waals surface area (Å²) in [6.45, 7) is 6.58. The van der Waals surface area contributed by atoms with Crippen LogP contribution in [0.1, 0.15) is 60.6 Å². The highest BCUT2D eigenvalue weighted by atomic mass is 16.6. The Hall–Kier alpha value is -4.42. The highest BCUT2D eigenvalue weighted by molar-refractivity contribution is 6.00. The number of carbonyl (C=O) groups excluding carboxylic acids is 3. The van der Waals surface area contributed by atoms with E-state index in [0.717, 1.165) is 11.1 Å². The number of carbonyl (C=O) groups is 5. The molecule has 1 atom stereocenters. The summed E-state index contributed by atoms with van der Waals surface area (Å²) in [6.07, 6.45) is 0.357. The van der Waals surface area contributed by atoms with Crippen molar-refractivity contribution in [3.63, 3.8) is 0 Å².